The Kier molecular flexibility index (Phi) is 5.49. The quantitative estimate of drug-likeness (QED) is 0.481. The van der Waals surface area contributed by atoms with Crippen LogP contribution in [0.1, 0.15) is 32.1 Å². The van der Waals surface area contributed by atoms with Gasteiger partial charge in [0, 0.05) is 6.04 Å². The summed E-state index contributed by atoms with van der Waals surface area (Å²) in [6.45, 7) is -0.332. The van der Waals surface area contributed by atoms with Crippen molar-refractivity contribution in [3.63, 3.8) is 0 Å². The van der Waals surface area contributed by atoms with E-state index in [4.69, 9.17) is 5.84 Å². The molecule has 1 amide bonds. The summed E-state index contributed by atoms with van der Waals surface area (Å²) >= 11 is 0. The van der Waals surface area contributed by atoms with Crippen molar-refractivity contribution in [3.8, 4) is 0 Å². The molecule has 0 aliphatic heterocycles. The lowest BCUT2D eigenvalue weighted by Gasteiger charge is -2.32. The Bertz CT molecular complexity index is 613. The summed E-state index contributed by atoms with van der Waals surface area (Å²) in [5, 5.41) is 0. The zero-order valence-electron chi connectivity index (χ0n) is 12.2. The standard InChI is InChI=1S/C14H20FN3O3S/c15-11-6-8-13(9-7-11)22(20,21)18(10-14(19)17-16)12-4-2-1-3-5-12/h6-9,12H,1-5,10,16H2,(H,17,19). The fourth-order valence-electron chi connectivity index (χ4n) is 2.71. The second kappa shape index (κ2) is 7.17. The van der Waals surface area contributed by atoms with Crippen LogP contribution < -0.4 is 11.3 Å². The van der Waals surface area contributed by atoms with Crippen molar-refractivity contribution in [3.05, 3.63) is 30.1 Å². The molecule has 8 heteroatoms. The van der Waals surface area contributed by atoms with Crippen molar-refractivity contribution >= 4 is 15.9 Å². The highest BCUT2D eigenvalue weighted by atomic mass is 32.2. The summed E-state index contributed by atoms with van der Waals surface area (Å²) in [5.74, 6) is 4.00. The van der Waals surface area contributed by atoms with Gasteiger partial charge in [-0.3, -0.25) is 10.2 Å². The second-order valence-electron chi connectivity index (χ2n) is 5.36. The molecule has 1 aliphatic rings. The topological polar surface area (TPSA) is 92.5 Å². The molecule has 0 atom stereocenters. The molecule has 1 aromatic rings. The number of amides is 1. The van der Waals surface area contributed by atoms with Crippen LogP contribution in [0.3, 0.4) is 0 Å². The number of halogens is 1. The van der Waals surface area contributed by atoms with Gasteiger partial charge in [0.2, 0.25) is 15.9 Å². The van der Waals surface area contributed by atoms with Crippen molar-refractivity contribution in [2.75, 3.05) is 6.54 Å². The van der Waals surface area contributed by atoms with Crippen molar-refractivity contribution in [1.29, 1.82) is 0 Å². The molecule has 1 aromatic carbocycles. The molecule has 3 N–H and O–H groups in total. The average molecular weight is 329 g/mol. The van der Waals surface area contributed by atoms with Crippen molar-refractivity contribution < 1.29 is 17.6 Å². The minimum absolute atomic E-state index is 0.0238. The maximum absolute atomic E-state index is 13.0. The first kappa shape index (κ1) is 16.9. The van der Waals surface area contributed by atoms with Crippen LogP contribution in [-0.2, 0) is 14.8 Å². The molecular weight excluding hydrogens is 309 g/mol. The first-order chi connectivity index (χ1) is 10.4. The molecule has 0 bridgehead atoms. The van der Waals surface area contributed by atoms with Crippen molar-refractivity contribution in [1.82, 2.24) is 9.73 Å². The van der Waals surface area contributed by atoms with E-state index in [2.05, 4.69) is 0 Å². The number of carbonyl (C=O) groups excluding carboxylic acids is 1. The van der Waals surface area contributed by atoms with E-state index < -0.39 is 21.7 Å². The monoisotopic (exact) mass is 329 g/mol. The van der Waals surface area contributed by atoms with E-state index in [1.807, 2.05) is 5.43 Å². The molecule has 1 fully saturated rings. The van der Waals surface area contributed by atoms with Gasteiger partial charge in [-0.15, -0.1) is 0 Å². The SMILES string of the molecule is NNC(=O)CN(C1CCCCC1)S(=O)(=O)c1ccc(F)cc1. The fourth-order valence-corrected chi connectivity index (χ4v) is 4.35. The van der Waals surface area contributed by atoms with Gasteiger partial charge >= 0.3 is 0 Å². The third kappa shape index (κ3) is 3.82. The van der Waals surface area contributed by atoms with E-state index in [1.54, 1.807) is 0 Å². The number of carbonyl (C=O) groups is 1. The van der Waals surface area contributed by atoms with Crippen LogP contribution in [0.4, 0.5) is 4.39 Å². The maximum atomic E-state index is 13.0. The molecule has 2 rings (SSSR count). The Morgan fingerprint density at radius 3 is 2.36 bits per heavy atom. The summed E-state index contributed by atoms with van der Waals surface area (Å²) in [4.78, 5) is 11.6. The minimum Gasteiger partial charge on any atom is -0.293 e. The summed E-state index contributed by atoms with van der Waals surface area (Å²) in [6, 6.07) is 4.37. The van der Waals surface area contributed by atoms with Gasteiger partial charge in [-0.2, -0.15) is 4.31 Å². The van der Waals surface area contributed by atoms with Gasteiger partial charge in [0.25, 0.3) is 0 Å². The van der Waals surface area contributed by atoms with E-state index in [0.717, 1.165) is 31.4 Å². The Morgan fingerprint density at radius 1 is 1.23 bits per heavy atom. The van der Waals surface area contributed by atoms with E-state index in [1.165, 1.54) is 16.4 Å². The van der Waals surface area contributed by atoms with Gasteiger partial charge in [0.05, 0.1) is 11.4 Å². The summed E-state index contributed by atoms with van der Waals surface area (Å²) in [7, 11) is -3.87. The van der Waals surface area contributed by atoms with E-state index >= 15 is 0 Å². The highest BCUT2D eigenvalue weighted by Crippen LogP contribution is 2.27. The number of hydrogen-bond acceptors (Lipinski definition) is 4. The Hall–Kier alpha value is -1.51. The summed E-state index contributed by atoms with van der Waals surface area (Å²) in [6.07, 6.45) is 4.31. The molecule has 122 valence electrons. The van der Waals surface area contributed by atoms with Gasteiger partial charge in [0.15, 0.2) is 0 Å². The minimum atomic E-state index is -3.87. The van der Waals surface area contributed by atoms with Crippen LogP contribution in [0.5, 0.6) is 0 Å². The number of nitrogens with zero attached hydrogens (tertiary/aromatic N) is 1. The van der Waals surface area contributed by atoms with Crippen LogP contribution in [-0.4, -0.2) is 31.2 Å². The van der Waals surface area contributed by atoms with Crippen LogP contribution >= 0.6 is 0 Å². The van der Waals surface area contributed by atoms with Crippen LogP contribution in [0.25, 0.3) is 0 Å². The predicted molar refractivity (Wildman–Crippen MR) is 79.5 cm³/mol. The molecule has 0 heterocycles. The molecule has 1 saturated carbocycles. The fraction of sp³-hybridized carbons (Fsp3) is 0.500. The lowest BCUT2D eigenvalue weighted by atomic mass is 9.95. The highest BCUT2D eigenvalue weighted by Gasteiger charge is 2.33. The summed E-state index contributed by atoms with van der Waals surface area (Å²) < 4.78 is 39.7. The van der Waals surface area contributed by atoms with Crippen LogP contribution in [0, 0.1) is 5.82 Å². The zero-order valence-corrected chi connectivity index (χ0v) is 13.0. The smallest absolute Gasteiger partial charge is 0.249 e. The largest absolute Gasteiger partial charge is 0.293 e. The number of hydrazine groups is 1. The zero-order chi connectivity index (χ0) is 16.2. The third-order valence-corrected chi connectivity index (χ3v) is 5.78. The Balaban J connectivity index is 2.33. The van der Waals surface area contributed by atoms with Crippen LogP contribution in [0.15, 0.2) is 29.2 Å². The molecule has 6 nitrogen and oxygen atoms in total. The molecule has 0 spiro atoms. The number of nitrogens with two attached hydrogens (primary N) is 1. The van der Waals surface area contributed by atoms with E-state index in [0.29, 0.717) is 12.8 Å². The molecular formula is C14H20FN3O3S. The Morgan fingerprint density at radius 2 is 1.82 bits per heavy atom. The number of nitrogens with one attached hydrogen (secondary N) is 1. The number of hydrogen-bond donors (Lipinski definition) is 2. The maximum Gasteiger partial charge on any atom is 0.249 e. The normalized spacial score (nSPS) is 16.7. The van der Waals surface area contributed by atoms with E-state index in [-0.39, 0.29) is 17.5 Å². The predicted octanol–water partition coefficient (Wildman–Crippen LogP) is 1.14. The first-order valence-electron chi connectivity index (χ1n) is 7.22. The van der Waals surface area contributed by atoms with E-state index in [9.17, 15) is 17.6 Å². The third-order valence-electron chi connectivity index (χ3n) is 3.86. The molecule has 0 unspecified atom stereocenters. The van der Waals surface area contributed by atoms with Crippen LogP contribution in [0.2, 0.25) is 0 Å². The lowest BCUT2D eigenvalue weighted by molar-refractivity contribution is -0.121. The number of benzene rings is 1. The van der Waals surface area contributed by atoms with Gasteiger partial charge in [-0.05, 0) is 37.1 Å². The number of sulfonamides is 1. The van der Waals surface area contributed by atoms with Gasteiger partial charge in [-0.1, -0.05) is 19.3 Å². The molecule has 0 radical (unpaired) electrons. The molecule has 0 aromatic heterocycles. The Labute approximate surface area is 129 Å². The van der Waals surface area contributed by atoms with Crippen molar-refractivity contribution in [2.45, 2.75) is 43.0 Å². The van der Waals surface area contributed by atoms with Gasteiger partial charge < -0.3 is 0 Å². The van der Waals surface area contributed by atoms with Gasteiger partial charge in [-0.25, -0.2) is 18.7 Å². The molecule has 1 aliphatic carbocycles. The lowest BCUT2D eigenvalue weighted by Crippen LogP contribution is -2.48. The van der Waals surface area contributed by atoms with Gasteiger partial charge in [0.1, 0.15) is 5.82 Å². The highest BCUT2D eigenvalue weighted by molar-refractivity contribution is 7.89. The second-order valence-corrected chi connectivity index (χ2v) is 7.25. The average Bonchev–Trinajstić information content (AvgIpc) is 2.53. The molecule has 0 saturated heterocycles. The first-order valence-corrected chi connectivity index (χ1v) is 8.66. The summed E-state index contributed by atoms with van der Waals surface area (Å²) in [5.41, 5.74) is 1.96. The van der Waals surface area contributed by atoms with Crippen molar-refractivity contribution in [2.24, 2.45) is 5.84 Å². The number of rotatable bonds is 5. The molecule has 22 heavy (non-hydrogen) atoms.